The number of guanidine groups is 1. The molecule has 0 radical (unpaired) electrons. The summed E-state index contributed by atoms with van der Waals surface area (Å²) in [4.78, 5) is 9.39. The van der Waals surface area contributed by atoms with E-state index in [-0.39, 0.29) is 0 Å². The highest BCUT2D eigenvalue weighted by molar-refractivity contribution is 7.14. The van der Waals surface area contributed by atoms with Gasteiger partial charge in [-0.1, -0.05) is 0 Å². The van der Waals surface area contributed by atoms with Gasteiger partial charge in [-0.2, -0.15) is 0 Å². The molecule has 112 valence electrons. The molecule has 0 bridgehead atoms. The third kappa shape index (κ3) is 4.11. The number of ether oxygens (including phenoxy) is 1. The molecule has 6 heteroatoms. The highest BCUT2D eigenvalue weighted by Crippen LogP contribution is 2.22. The van der Waals surface area contributed by atoms with Crippen LogP contribution in [0.15, 0.2) is 22.5 Å². The summed E-state index contributed by atoms with van der Waals surface area (Å²) in [5.74, 6) is 1.01. The van der Waals surface area contributed by atoms with E-state index in [1.54, 1.807) is 7.11 Å². The van der Waals surface area contributed by atoms with E-state index in [1.807, 2.05) is 11.3 Å². The summed E-state index contributed by atoms with van der Waals surface area (Å²) in [6.07, 6.45) is 0. The summed E-state index contributed by atoms with van der Waals surface area (Å²) >= 11 is 1.81. The molecule has 1 aliphatic heterocycles. The molecule has 0 aromatic carbocycles. The predicted molar refractivity (Wildman–Crippen MR) is 86.0 cm³/mol. The Balaban J connectivity index is 1.88. The molecule has 20 heavy (non-hydrogen) atoms. The van der Waals surface area contributed by atoms with Crippen LogP contribution in [0.1, 0.15) is 6.92 Å². The molecule has 5 nitrogen and oxygen atoms in total. The number of rotatable bonds is 5. The largest absolute Gasteiger partial charge is 0.383 e. The van der Waals surface area contributed by atoms with E-state index >= 15 is 0 Å². The quantitative estimate of drug-likeness (QED) is 0.508. The number of thiophene rings is 1. The van der Waals surface area contributed by atoms with Crippen LogP contribution in [0.4, 0.5) is 5.00 Å². The Bertz CT molecular complexity index is 399. The fraction of sp³-hybridized carbons (Fsp3) is 0.643. The molecule has 0 unspecified atom stereocenters. The number of piperazine rings is 1. The molecular formula is C14H24N4OS. The number of nitrogens with zero attached hydrogens (tertiary/aromatic N) is 3. The Morgan fingerprint density at radius 2 is 2.20 bits per heavy atom. The van der Waals surface area contributed by atoms with Gasteiger partial charge in [0.2, 0.25) is 0 Å². The summed E-state index contributed by atoms with van der Waals surface area (Å²) in [6.45, 7) is 8.51. The van der Waals surface area contributed by atoms with Crippen molar-refractivity contribution in [3.63, 3.8) is 0 Å². The lowest BCUT2D eigenvalue weighted by molar-refractivity contribution is 0.207. The van der Waals surface area contributed by atoms with E-state index in [4.69, 9.17) is 4.74 Å². The average molecular weight is 296 g/mol. The summed E-state index contributed by atoms with van der Waals surface area (Å²) in [6, 6.07) is 4.31. The maximum absolute atomic E-state index is 5.06. The second-order valence-electron chi connectivity index (χ2n) is 4.65. The van der Waals surface area contributed by atoms with Crippen molar-refractivity contribution in [2.75, 3.05) is 57.9 Å². The van der Waals surface area contributed by atoms with Crippen LogP contribution < -0.4 is 10.2 Å². The Morgan fingerprint density at radius 1 is 1.40 bits per heavy atom. The van der Waals surface area contributed by atoms with Crippen molar-refractivity contribution in [2.45, 2.75) is 6.92 Å². The first-order chi connectivity index (χ1) is 9.85. The van der Waals surface area contributed by atoms with Crippen LogP contribution in [0, 0.1) is 0 Å². The number of aliphatic imine (C=N–C) groups is 1. The fourth-order valence-electron chi connectivity index (χ4n) is 2.26. The second kappa shape index (κ2) is 8.11. The van der Waals surface area contributed by atoms with E-state index in [0.717, 1.165) is 38.7 Å². The van der Waals surface area contributed by atoms with Crippen LogP contribution in [0.5, 0.6) is 0 Å². The molecule has 1 saturated heterocycles. The van der Waals surface area contributed by atoms with E-state index in [0.29, 0.717) is 13.2 Å². The van der Waals surface area contributed by atoms with Gasteiger partial charge in [-0.3, -0.25) is 4.99 Å². The molecule has 1 aromatic rings. The minimum absolute atomic E-state index is 0.671. The van der Waals surface area contributed by atoms with Crippen molar-refractivity contribution in [3.05, 3.63) is 17.5 Å². The third-order valence-electron chi connectivity index (χ3n) is 3.29. The van der Waals surface area contributed by atoms with Gasteiger partial charge in [0.15, 0.2) is 5.96 Å². The van der Waals surface area contributed by atoms with Gasteiger partial charge in [0.1, 0.15) is 0 Å². The van der Waals surface area contributed by atoms with Crippen molar-refractivity contribution < 1.29 is 4.74 Å². The summed E-state index contributed by atoms with van der Waals surface area (Å²) < 4.78 is 5.06. The molecule has 2 heterocycles. The lowest BCUT2D eigenvalue weighted by Gasteiger charge is -2.37. The van der Waals surface area contributed by atoms with Gasteiger partial charge in [0.25, 0.3) is 0 Å². The highest BCUT2D eigenvalue weighted by Gasteiger charge is 2.19. The van der Waals surface area contributed by atoms with Crippen LogP contribution in [-0.2, 0) is 4.74 Å². The molecule has 2 rings (SSSR count). The number of methoxy groups -OCH3 is 1. The average Bonchev–Trinajstić information content (AvgIpc) is 3.01. The van der Waals surface area contributed by atoms with Gasteiger partial charge in [-0.15, -0.1) is 11.3 Å². The number of hydrogen-bond donors (Lipinski definition) is 1. The number of anilines is 1. The van der Waals surface area contributed by atoms with Crippen molar-refractivity contribution in [1.82, 2.24) is 10.2 Å². The maximum Gasteiger partial charge on any atom is 0.194 e. The van der Waals surface area contributed by atoms with E-state index < -0.39 is 0 Å². The smallest absolute Gasteiger partial charge is 0.194 e. The van der Waals surface area contributed by atoms with Gasteiger partial charge in [-0.25, -0.2) is 0 Å². The Hall–Kier alpha value is -1.27. The molecule has 0 saturated carbocycles. The fourth-order valence-corrected chi connectivity index (χ4v) is 3.04. The zero-order valence-electron chi connectivity index (χ0n) is 12.3. The molecule has 0 spiro atoms. The van der Waals surface area contributed by atoms with Gasteiger partial charge >= 0.3 is 0 Å². The molecule has 1 fully saturated rings. The van der Waals surface area contributed by atoms with E-state index in [2.05, 4.69) is 44.5 Å². The topological polar surface area (TPSA) is 40.1 Å². The van der Waals surface area contributed by atoms with Crippen LogP contribution in [0.25, 0.3) is 0 Å². The Labute approximate surface area is 125 Å². The third-order valence-corrected chi connectivity index (χ3v) is 4.22. The normalized spacial score (nSPS) is 16.6. The minimum Gasteiger partial charge on any atom is -0.383 e. The standard InChI is InChI=1S/C14H24N4OS/c1-3-15-14(16-6-11-19-2)18-9-7-17(8-10-18)13-5-4-12-20-13/h4-5,12H,3,6-11H2,1-2H3,(H,15,16). The van der Waals surface area contributed by atoms with Gasteiger partial charge in [0.05, 0.1) is 18.2 Å². The molecule has 0 aliphatic carbocycles. The van der Waals surface area contributed by atoms with Crippen LogP contribution in [-0.4, -0.2) is 63.8 Å². The van der Waals surface area contributed by atoms with Crippen LogP contribution >= 0.6 is 11.3 Å². The maximum atomic E-state index is 5.06. The summed E-state index contributed by atoms with van der Waals surface area (Å²) in [5, 5.41) is 6.87. The predicted octanol–water partition coefficient (Wildman–Crippen LogP) is 1.48. The van der Waals surface area contributed by atoms with E-state index in [1.165, 1.54) is 5.00 Å². The number of nitrogens with one attached hydrogen (secondary N) is 1. The molecule has 0 atom stereocenters. The molecule has 1 aromatic heterocycles. The van der Waals surface area contributed by atoms with E-state index in [9.17, 15) is 0 Å². The van der Waals surface area contributed by atoms with Crippen LogP contribution in [0.3, 0.4) is 0 Å². The van der Waals surface area contributed by atoms with Crippen LogP contribution in [0.2, 0.25) is 0 Å². The first-order valence-corrected chi connectivity index (χ1v) is 8.03. The number of hydrogen-bond acceptors (Lipinski definition) is 4. The van der Waals surface area contributed by atoms with Crippen molar-refractivity contribution in [1.29, 1.82) is 0 Å². The SMILES string of the molecule is CCNC(=NCCOC)N1CCN(c2cccs2)CC1. The lowest BCUT2D eigenvalue weighted by Crippen LogP contribution is -2.52. The highest BCUT2D eigenvalue weighted by atomic mass is 32.1. The zero-order chi connectivity index (χ0) is 14.2. The molecule has 0 amide bonds. The monoisotopic (exact) mass is 296 g/mol. The first kappa shape index (κ1) is 15.1. The van der Waals surface area contributed by atoms with Crippen molar-refractivity contribution in [2.24, 2.45) is 4.99 Å². The summed E-state index contributed by atoms with van der Waals surface area (Å²) in [7, 11) is 1.71. The van der Waals surface area contributed by atoms with Crippen molar-refractivity contribution in [3.8, 4) is 0 Å². The lowest BCUT2D eigenvalue weighted by atomic mass is 10.3. The molecule has 1 N–H and O–H groups in total. The van der Waals surface area contributed by atoms with Gasteiger partial charge < -0.3 is 19.9 Å². The zero-order valence-corrected chi connectivity index (χ0v) is 13.2. The minimum atomic E-state index is 0.671. The Kier molecular flexibility index (Phi) is 6.14. The van der Waals surface area contributed by atoms with Gasteiger partial charge in [-0.05, 0) is 24.4 Å². The summed E-state index contributed by atoms with van der Waals surface area (Å²) in [5.41, 5.74) is 0. The molecule has 1 aliphatic rings. The van der Waals surface area contributed by atoms with Crippen molar-refractivity contribution >= 4 is 22.3 Å². The first-order valence-electron chi connectivity index (χ1n) is 7.15. The Morgan fingerprint density at radius 3 is 2.80 bits per heavy atom. The second-order valence-corrected chi connectivity index (χ2v) is 5.58. The molecular weight excluding hydrogens is 272 g/mol. The van der Waals surface area contributed by atoms with Gasteiger partial charge in [0, 0.05) is 39.8 Å².